The lowest BCUT2D eigenvalue weighted by molar-refractivity contribution is 0.430. The molecule has 0 saturated carbocycles. The van der Waals surface area contributed by atoms with Crippen LogP contribution >= 0.6 is 11.6 Å². The first-order valence-corrected chi connectivity index (χ1v) is 4.81. The van der Waals surface area contributed by atoms with Crippen molar-refractivity contribution in [3.05, 3.63) is 16.9 Å². The van der Waals surface area contributed by atoms with Crippen molar-refractivity contribution in [2.24, 2.45) is 12.8 Å². The van der Waals surface area contributed by atoms with Crippen molar-refractivity contribution in [2.45, 2.75) is 25.7 Å². The van der Waals surface area contributed by atoms with Crippen LogP contribution in [-0.4, -0.2) is 16.3 Å². The first-order valence-electron chi connectivity index (χ1n) is 4.43. The summed E-state index contributed by atoms with van der Waals surface area (Å²) in [6.45, 7) is 4.80. The summed E-state index contributed by atoms with van der Waals surface area (Å²) in [5.74, 6) is 0. The Morgan fingerprint density at radius 3 is 2.62 bits per heavy atom. The number of nitrogens with zero attached hydrogens (tertiary/aromatic N) is 2. The fraction of sp³-hybridized carbons (Fsp3) is 0.667. The molecule has 0 spiro atoms. The maximum absolute atomic E-state index is 6.05. The van der Waals surface area contributed by atoms with Gasteiger partial charge in [-0.3, -0.25) is 4.68 Å². The van der Waals surface area contributed by atoms with Crippen molar-refractivity contribution < 1.29 is 0 Å². The van der Waals surface area contributed by atoms with E-state index in [1.807, 2.05) is 7.05 Å². The van der Waals surface area contributed by atoms with E-state index in [4.69, 9.17) is 17.3 Å². The number of hydrogen-bond donors (Lipinski definition) is 1. The highest BCUT2D eigenvalue weighted by molar-refractivity contribution is 6.31. The number of hydrogen-bond acceptors (Lipinski definition) is 2. The summed E-state index contributed by atoms with van der Waals surface area (Å²) in [7, 11) is 1.89. The maximum Gasteiger partial charge on any atom is 0.0823 e. The Bertz CT molecular complexity index is 270. The smallest absolute Gasteiger partial charge is 0.0823 e. The monoisotopic (exact) mass is 201 g/mol. The van der Waals surface area contributed by atoms with Gasteiger partial charge in [0.25, 0.3) is 0 Å². The highest BCUT2D eigenvalue weighted by Crippen LogP contribution is 2.31. The third kappa shape index (κ3) is 1.71. The van der Waals surface area contributed by atoms with Gasteiger partial charge in [-0.1, -0.05) is 25.4 Å². The van der Waals surface area contributed by atoms with Crippen LogP contribution in [0.2, 0.25) is 5.02 Å². The summed E-state index contributed by atoms with van der Waals surface area (Å²) >= 11 is 6.05. The van der Waals surface area contributed by atoms with Gasteiger partial charge in [-0.05, 0) is 6.42 Å². The minimum atomic E-state index is -0.0671. The topological polar surface area (TPSA) is 43.8 Å². The SMILES string of the molecule is CCC(C)(CN)c1c(Cl)cnn1C. The van der Waals surface area contributed by atoms with Crippen molar-refractivity contribution in [2.75, 3.05) is 6.54 Å². The Morgan fingerprint density at radius 2 is 2.31 bits per heavy atom. The number of rotatable bonds is 3. The van der Waals surface area contributed by atoms with Crippen LogP contribution in [0.5, 0.6) is 0 Å². The summed E-state index contributed by atoms with van der Waals surface area (Å²) in [5.41, 5.74) is 6.71. The zero-order valence-electron chi connectivity index (χ0n) is 8.34. The maximum atomic E-state index is 6.05. The van der Waals surface area contributed by atoms with Crippen LogP contribution in [0, 0.1) is 0 Å². The average Bonchev–Trinajstić information content (AvgIpc) is 2.46. The summed E-state index contributed by atoms with van der Waals surface area (Å²) in [6, 6.07) is 0. The summed E-state index contributed by atoms with van der Waals surface area (Å²) < 4.78 is 1.80. The van der Waals surface area contributed by atoms with E-state index in [0.717, 1.165) is 12.1 Å². The van der Waals surface area contributed by atoms with Crippen LogP contribution in [0.25, 0.3) is 0 Å². The van der Waals surface area contributed by atoms with E-state index in [-0.39, 0.29) is 5.41 Å². The van der Waals surface area contributed by atoms with Crippen LogP contribution in [-0.2, 0) is 12.5 Å². The molecule has 0 aliphatic rings. The molecule has 0 fully saturated rings. The van der Waals surface area contributed by atoms with Crippen molar-refractivity contribution in [3.63, 3.8) is 0 Å². The zero-order chi connectivity index (χ0) is 10.1. The molecule has 0 bridgehead atoms. The lowest BCUT2D eigenvalue weighted by atomic mass is 9.84. The van der Waals surface area contributed by atoms with Crippen molar-refractivity contribution in [1.82, 2.24) is 9.78 Å². The van der Waals surface area contributed by atoms with Crippen molar-refractivity contribution in [3.8, 4) is 0 Å². The molecule has 0 aliphatic heterocycles. The molecular weight excluding hydrogens is 186 g/mol. The lowest BCUT2D eigenvalue weighted by Gasteiger charge is -2.26. The number of aromatic nitrogens is 2. The quantitative estimate of drug-likeness (QED) is 0.809. The second-order valence-corrected chi connectivity index (χ2v) is 3.99. The zero-order valence-corrected chi connectivity index (χ0v) is 9.10. The highest BCUT2D eigenvalue weighted by Gasteiger charge is 2.28. The second kappa shape index (κ2) is 3.68. The van der Waals surface area contributed by atoms with Crippen LogP contribution in [0.4, 0.5) is 0 Å². The molecule has 0 saturated heterocycles. The highest BCUT2D eigenvalue weighted by atomic mass is 35.5. The van der Waals surface area contributed by atoms with Gasteiger partial charge < -0.3 is 5.73 Å². The van der Waals surface area contributed by atoms with E-state index < -0.39 is 0 Å². The fourth-order valence-electron chi connectivity index (χ4n) is 1.50. The molecule has 3 nitrogen and oxygen atoms in total. The van der Waals surface area contributed by atoms with Crippen LogP contribution in [0.1, 0.15) is 26.0 Å². The predicted octanol–water partition coefficient (Wildman–Crippen LogP) is 1.70. The van der Waals surface area contributed by atoms with Gasteiger partial charge in [0.1, 0.15) is 0 Å². The Labute approximate surface area is 83.9 Å². The third-order valence-corrected chi connectivity index (χ3v) is 2.97. The molecule has 0 radical (unpaired) electrons. The molecule has 1 rings (SSSR count). The summed E-state index contributed by atoms with van der Waals surface area (Å²) in [5, 5.41) is 4.81. The number of nitrogens with two attached hydrogens (primary N) is 1. The van der Waals surface area contributed by atoms with Crippen molar-refractivity contribution >= 4 is 11.6 Å². The Morgan fingerprint density at radius 1 is 1.69 bits per heavy atom. The molecular formula is C9H16ClN3. The molecule has 1 heterocycles. The average molecular weight is 202 g/mol. The summed E-state index contributed by atoms with van der Waals surface area (Å²) in [4.78, 5) is 0. The molecule has 4 heteroatoms. The number of halogens is 1. The summed E-state index contributed by atoms with van der Waals surface area (Å²) in [6.07, 6.45) is 2.63. The van der Waals surface area contributed by atoms with Gasteiger partial charge in [0.15, 0.2) is 0 Å². The molecule has 1 atom stereocenters. The fourth-order valence-corrected chi connectivity index (χ4v) is 1.89. The molecule has 13 heavy (non-hydrogen) atoms. The minimum absolute atomic E-state index is 0.0671. The van der Waals surface area contributed by atoms with Gasteiger partial charge in [-0.2, -0.15) is 5.10 Å². The third-order valence-electron chi connectivity index (χ3n) is 2.70. The van der Waals surface area contributed by atoms with Crippen molar-refractivity contribution in [1.29, 1.82) is 0 Å². The number of aryl methyl sites for hydroxylation is 1. The standard InChI is InChI=1S/C9H16ClN3/c1-4-9(2,6-11)8-7(10)5-12-13(8)3/h5H,4,6,11H2,1-3H3. The van der Waals surface area contributed by atoms with Gasteiger partial charge in [0.2, 0.25) is 0 Å². The van der Waals surface area contributed by atoms with Gasteiger partial charge in [0, 0.05) is 19.0 Å². The second-order valence-electron chi connectivity index (χ2n) is 3.58. The predicted molar refractivity (Wildman–Crippen MR) is 54.9 cm³/mol. The van der Waals surface area contributed by atoms with Gasteiger partial charge in [-0.25, -0.2) is 0 Å². The molecule has 0 aromatic carbocycles. The molecule has 2 N–H and O–H groups in total. The molecule has 1 aromatic heterocycles. The largest absolute Gasteiger partial charge is 0.330 e. The normalized spacial score (nSPS) is 15.8. The van der Waals surface area contributed by atoms with E-state index in [0.29, 0.717) is 11.6 Å². The first-order chi connectivity index (χ1) is 6.05. The molecule has 0 amide bonds. The van der Waals surface area contributed by atoms with Gasteiger partial charge in [0.05, 0.1) is 16.9 Å². The van der Waals surface area contributed by atoms with Gasteiger partial charge in [-0.15, -0.1) is 0 Å². The Kier molecular flexibility index (Phi) is 2.98. The molecule has 74 valence electrons. The van der Waals surface area contributed by atoms with Crippen LogP contribution < -0.4 is 5.73 Å². The lowest BCUT2D eigenvalue weighted by Crippen LogP contribution is -2.33. The Hall–Kier alpha value is -0.540. The molecule has 0 aliphatic carbocycles. The Balaban J connectivity index is 3.18. The van der Waals surface area contributed by atoms with E-state index in [9.17, 15) is 0 Å². The minimum Gasteiger partial charge on any atom is -0.330 e. The van der Waals surface area contributed by atoms with E-state index >= 15 is 0 Å². The van der Waals surface area contributed by atoms with Crippen LogP contribution in [0.3, 0.4) is 0 Å². The van der Waals surface area contributed by atoms with E-state index in [2.05, 4.69) is 18.9 Å². The molecule has 1 aromatic rings. The van der Waals surface area contributed by atoms with E-state index in [1.54, 1.807) is 10.9 Å². The first kappa shape index (κ1) is 10.5. The molecule has 1 unspecified atom stereocenters. The van der Waals surface area contributed by atoms with Gasteiger partial charge >= 0.3 is 0 Å². The van der Waals surface area contributed by atoms with Crippen LogP contribution in [0.15, 0.2) is 6.20 Å². The van der Waals surface area contributed by atoms with E-state index in [1.165, 1.54) is 0 Å².